The lowest BCUT2D eigenvalue weighted by atomic mass is 10.0. The van der Waals surface area contributed by atoms with E-state index in [1.165, 1.54) is 5.56 Å². The Bertz CT molecular complexity index is 564. The fourth-order valence-corrected chi connectivity index (χ4v) is 2.30. The number of ketones is 1. The molecule has 0 aliphatic heterocycles. The second kappa shape index (κ2) is 5.78. The van der Waals surface area contributed by atoms with Gasteiger partial charge in [0.05, 0.1) is 0 Å². The van der Waals surface area contributed by atoms with Gasteiger partial charge in [-0.25, -0.2) is 0 Å². The summed E-state index contributed by atoms with van der Waals surface area (Å²) < 4.78 is 0. The Morgan fingerprint density at radius 2 is 1.44 bits per heavy atom. The van der Waals surface area contributed by atoms with Gasteiger partial charge in [-0.3, -0.25) is 4.79 Å². The molecule has 0 atom stereocenters. The molecule has 1 nitrogen and oxygen atoms in total. The molecule has 0 N–H and O–H groups in total. The van der Waals surface area contributed by atoms with E-state index in [0.29, 0.717) is 0 Å². The molecule has 0 bridgehead atoms. The van der Waals surface area contributed by atoms with Crippen molar-refractivity contribution < 1.29 is 4.79 Å². The number of hydrogen-bond acceptors (Lipinski definition) is 1. The Morgan fingerprint density at radius 1 is 0.889 bits per heavy atom. The lowest BCUT2D eigenvalue weighted by Gasteiger charge is -2.02. The van der Waals surface area contributed by atoms with Gasteiger partial charge in [-0.05, 0) is 23.6 Å². The highest BCUT2D eigenvalue weighted by Crippen LogP contribution is 2.19. The minimum absolute atomic E-state index is 0.0380. The molecule has 0 fully saturated rings. The van der Waals surface area contributed by atoms with Gasteiger partial charge in [0.2, 0.25) is 0 Å². The Balaban J connectivity index is 2.26. The van der Waals surface area contributed by atoms with E-state index >= 15 is 0 Å². The second-order valence-electron chi connectivity index (χ2n) is 4.31. The van der Waals surface area contributed by atoms with Crippen molar-refractivity contribution in [3.8, 4) is 11.1 Å². The predicted octanol–water partition coefficient (Wildman–Crippen LogP) is 3.87. The highest BCUT2D eigenvalue weighted by Gasteiger charge is 2.03. The van der Waals surface area contributed by atoms with E-state index < -0.39 is 0 Å². The summed E-state index contributed by atoms with van der Waals surface area (Å²) in [4.78, 5) is 11.9. The van der Waals surface area contributed by atoms with Crippen molar-refractivity contribution in [1.82, 2.24) is 0 Å². The van der Waals surface area contributed by atoms with Crippen molar-refractivity contribution in [1.29, 1.82) is 0 Å². The van der Waals surface area contributed by atoms with Gasteiger partial charge >= 0.3 is 0 Å². The highest BCUT2D eigenvalue weighted by atomic mass is 32.2. The topological polar surface area (TPSA) is 17.1 Å². The minimum Gasteiger partial charge on any atom is -0.289 e. The normalized spacial score (nSPS) is 10.4. The van der Waals surface area contributed by atoms with Crippen molar-refractivity contribution in [2.45, 2.75) is 0 Å². The average Bonchev–Trinajstić information content (AvgIpc) is 2.39. The molecule has 2 heteroatoms. The van der Waals surface area contributed by atoms with E-state index in [1.807, 2.05) is 55.0 Å². The van der Waals surface area contributed by atoms with Gasteiger partial charge in [0.15, 0.2) is 5.78 Å². The molecule has 0 spiro atoms. The van der Waals surface area contributed by atoms with Gasteiger partial charge in [-0.2, -0.15) is 10.5 Å². The fourth-order valence-electron chi connectivity index (χ4n) is 1.74. The van der Waals surface area contributed by atoms with E-state index in [9.17, 15) is 4.79 Å². The Hall–Kier alpha value is -1.67. The van der Waals surface area contributed by atoms with E-state index in [-0.39, 0.29) is 16.3 Å². The summed E-state index contributed by atoms with van der Waals surface area (Å²) in [7, 11) is 0.0380. The molecule has 0 aliphatic rings. The lowest BCUT2D eigenvalue weighted by Crippen LogP contribution is -1.99. The molecule has 0 heterocycles. The molecule has 0 aliphatic carbocycles. The summed E-state index contributed by atoms with van der Waals surface area (Å²) >= 11 is 0. The van der Waals surface area contributed by atoms with Crippen LogP contribution in [0.15, 0.2) is 54.6 Å². The third kappa shape index (κ3) is 3.17. The first kappa shape index (κ1) is 12.8. The zero-order valence-corrected chi connectivity index (χ0v) is 11.4. The summed E-state index contributed by atoms with van der Waals surface area (Å²) in [6.07, 6.45) is 4.08. The van der Waals surface area contributed by atoms with Crippen molar-refractivity contribution in [3.63, 3.8) is 0 Å². The Kier molecular flexibility index (Phi) is 4.11. The third-order valence-electron chi connectivity index (χ3n) is 2.62. The predicted molar refractivity (Wildman–Crippen MR) is 81.7 cm³/mol. The fraction of sp³-hybridized carbons (Fsp3) is 0.125. The third-order valence-corrected chi connectivity index (χ3v) is 3.30. The molecular weight excluding hydrogens is 240 g/mol. The maximum absolute atomic E-state index is 11.9. The molecule has 92 valence electrons. The molecule has 18 heavy (non-hydrogen) atoms. The molecule has 0 saturated heterocycles. The maximum Gasteiger partial charge on any atom is 0.191 e. The molecule has 2 aromatic rings. The smallest absolute Gasteiger partial charge is 0.191 e. The van der Waals surface area contributed by atoms with Crippen LogP contribution in [0.1, 0.15) is 10.4 Å². The van der Waals surface area contributed by atoms with Gasteiger partial charge in [0, 0.05) is 10.9 Å². The highest BCUT2D eigenvalue weighted by molar-refractivity contribution is 8.14. The molecule has 0 unspecified atom stereocenters. The first-order chi connectivity index (χ1) is 8.66. The molecule has 2 aromatic carbocycles. The largest absolute Gasteiger partial charge is 0.289 e. The van der Waals surface area contributed by atoms with Crippen LogP contribution in [0.25, 0.3) is 11.1 Å². The summed E-state index contributed by atoms with van der Waals surface area (Å²) in [5.74, 6) is 0.114. The molecule has 2 rings (SSSR count). The van der Waals surface area contributed by atoms with Crippen LogP contribution < -0.4 is 0 Å². The van der Waals surface area contributed by atoms with Crippen LogP contribution in [0.4, 0.5) is 0 Å². The minimum atomic E-state index is 0.0380. The van der Waals surface area contributed by atoms with Crippen molar-refractivity contribution in [2.24, 2.45) is 0 Å². The second-order valence-corrected chi connectivity index (χ2v) is 6.30. The van der Waals surface area contributed by atoms with Crippen LogP contribution >= 0.6 is 10.5 Å². The molecule has 0 radical (unpaired) electrons. The molecule has 0 amide bonds. The van der Waals surface area contributed by atoms with Crippen molar-refractivity contribution in [2.75, 3.05) is 12.5 Å². The summed E-state index contributed by atoms with van der Waals surface area (Å²) in [6, 6.07) is 18.0. The first-order valence-corrected chi connectivity index (χ1v) is 7.88. The summed E-state index contributed by atoms with van der Waals surface area (Å²) in [5.41, 5.74) is 3.07. The van der Waals surface area contributed by atoms with Gasteiger partial charge in [-0.15, -0.1) is 0 Å². The Labute approximate surface area is 110 Å². The van der Waals surface area contributed by atoms with Crippen LogP contribution in [0.3, 0.4) is 0 Å². The van der Waals surface area contributed by atoms with E-state index in [1.54, 1.807) is 5.37 Å². The van der Waals surface area contributed by atoms with Gasteiger partial charge in [0.25, 0.3) is 0 Å². The van der Waals surface area contributed by atoms with Crippen LogP contribution in [-0.2, 0) is 0 Å². The number of Topliss-reactive ketones (excluding diaryl/α,β-unsaturated/α-hetero) is 1. The summed E-state index contributed by atoms with van der Waals surface area (Å²) in [6.45, 7) is 0. The van der Waals surface area contributed by atoms with Crippen LogP contribution in [-0.4, -0.2) is 23.7 Å². The van der Waals surface area contributed by atoms with Crippen molar-refractivity contribution in [3.05, 3.63) is 60.2 Å². The quantitative estimate of drug-likeness (QED) is 0.602. The number of rotatable bonds is 3. The SMILES string of the molecule is CS(C)=CC(=O)c1ccc(-c2ccccc2)cc1. The van der Waals surface area contributed by atoms with E-state index in [0.717, 1.165) is 11.1 Å². The first-order valence-electron chi connectivity index (χ1n) is 5.78. The molecule has 0 saturated carbocycles. The number of hydrogen-bond donors (Lipinski definition) is 0. The van der Waals surface area contributed by atoms with Gasteiger partial charge in [-0.1, -0.05) is 54.6 Å². The summed E-state index contributed by atoms with van der Waals surface area (Å²) in [5, 5.41) is 1.78. The Morgan fingerprint density at radius 3 is 2.00 bits per heavy atom. The van der Waals surface area contributed by atoms with Crippen LogP contribution in [0, 0.1) is 0 Å². The number of carbonyl (C=O) groups excluding carboxylic acids is 1. The monoisotopic (exact) mass is 256 g/mol. The number of benzene rings is 2. The van der Waals surface area contributed by atoms with E-state index in [4.69, 9.17) is 0 Å². The standard InChI is InChI=1S/C16H16OS/c1-18(2)12-16(17)15-10-8-14(9-11-15)13-6-4-3-5-7-13/h3-12H,1-2H3. The van der Waals surface area contributed by atoms with Crippen LogP contribution in [0.2, 0.25) is 0 Å². The van der Waals surface area contributed by atoms with E-state index in [2.05, 4.69) is 12.1 Å². The molecule has 0 aromatic heterocycles. The average molecular weight is 256 g/mol. The van der Waals surface area contributed by atoms with Crippen LogP contribution in [0.5, 0.6) is 0 Å². The molecular formula is C16H16OS. The van der Waals surface area contributed by atoms with Gasteiger partial charge < -0.3 is 0 Å². The number of carbonyl (C=O) groups is 1. The zero-order chi connectivity index (χ0) is 13.0. The maximum atomic E-state index is 11.9. The lowest BCUT2D eigenvalue weighted by molar-refractivity contribution is 0.107. The van der Waals surface area contributed by atoms with Gasteiger partial charge in [0.1, 0.15) is 0 Å². The van der Waals surface area contributed by atoms with Crippen molar-refractivity contribution >= 4 is 21.6 Å². The zero-order valence-electron chi connectivity index (χ0n) is 10.6.